The Bertz CT molecular complexity index is 1540. The molecule has 2 aromatic heterocycles. The number of methoxy groups -OCH3 is 1. The molecular formula is C33H38N4O6S. The zero-order chi connectivity index (χ0) is 32.0. The first-order valence-electron chi connectivity index (χ1n) is 14.5. The van der Waals surface area contributed by atoms with Crippen molar-refractivity contribution >= 4 is 40.7 Å². The number of esters is 1. The fraction of sp³-hybridized carbons (Fsp3) is 0.394. The predicted molar refractivity (Wildman–Crippen MR) is 168 cm³/mol. The smallest absolute Gasteiger partial charge is 0.325 e. The summed E-state index contributed by atoms with van der Waals surface area (Å²) in [5.74, 6) is -1.91. The van der Waals surface area contributed by atoms with Crippen molar-refractivity contribution < 1.29 is 29.0 Å². The van der Waals surface area contributed by atoms with Crippen LogP contribution in [0.15, 0.2) is 54.9 Å². The van der Waals surface area contributed by atoms with Crippen LogP contribution in [0.4, 0.5) is 0 Å². The molecule has 0 saturated carbocycles. The molecule has 4 rings (SSSR count). The third-order valence-electron chi connectivity index (χ3n) is 7.54. The average molecular weight is 619 g/mol. The topological polar surface area (TPSA) is 148 Å². The second-order valence-corrected chi connectivity index (χ2v) is 13.0. The highest BCUT2D eigenvalue weighted by molar-refractivity contribution is 7.14. The van der Waals surface area contributed by atoms with Gasteiger partial charge in [0.25, 0.3) is 5.91 Å². The molecule has 44 heavy (non-hydrogen) atoms. The number of carbonyl (C=O) groups excluding carboxylic acids is 3. The number of benzene rings is 1. The van der Waals surface area contributed by atoms with E-state index < -0.39 is 29.9 Å². The Morgan fingerprint density at radius 2 is 1.70 bits per heavy atom. The molecule has 1 unspecified atom stereocenters. The highest BCUT2D eigenvalue weighted by atomic mass is 32.1. The van der Waals surface area contributed by atoms with E-state index in [1.165, 1.54) is 25.4 Å². The number of carboxylic acid groups (broad SMARTS) is 1. The van der Waals surface area contributed by atoms with Gasteiger partial charge in [-0.25, -0.2) is 9.97 Å². The number of amides is 2. The first kappa shape index (κ1) is 32.5. The number of allylic oxidation sites excluding steroid dienone is 2. The number of hydrogen-bond donors (Lipinski definition) is 3. The van der Waals surface area contributed by atoms with Crippen molar-refractivity contribution in [3.05, 3.63) is 75.7 Å². The Morgan fingerprint density at radius 3 is 2.25 bits per heavy atom. The van der Waals surface area contributed by atoms with E-state index in [-0.39, 0.29) is 23.7 Å². The number of rotatable bonds is 10. The average Bonchev–Trinajstić information content (AvgIpc) is 3.52. The normalized spacial score (nSPS) is 16.3. The molecule has 0 bridgehead atoms. The van der Waals surface area contributed by atoms with E-state index >= 15 is 0 Å². The number of thiophene rings is 1. The lowest BCUT2D eigenvalue weighted by Gasteiger charge is -2.20. The number of hydrogen-bond acceptors (Lipinski definition) is 8. The van der Waals surface area contributed by atoms with Crippen LogP contribution in [-0.2, 0) is 31.0 Å². The number of ether oxygens (including phenoxy) is 1. The van der Waals surface area contributed by atoms with Crippen LogP contribution in [0.3, 0.4) is 0 Å². The molecule has 0 spiro atoms. The van der Waals surface area contributed by atoms with Crippen LogP contribution >= 0.6 is 11.3 Å². The zero-order valence-electron chi connectivity index (χ0n) is 25.5. The molecule has 1 aromatic carbocycles. The van der Waals surface area contributed by atoms with E-state index in [2.05, 4.69) is 41.4 Å². The van der Waals surface area contributed by atoms with Crippen LogP contribution < -0.4 is 10.6 Å². The van der Waals surface area contributed by atoms with Crippen LogP contribution in [0.25, 0.3) is 17.0 Å². The number of nitrogens with zero attached hydrogens (tertiary/aromatic N) is 2. The number of aliphatic carboxylic acids is 1. The van der Waals surface area contributed by atoms with Crippen LogP contribution in [0.2, 0.25) is 0 Å². The van der Waals surface area contributed by atoms with Gasteiger partial charge in [-0.1, -0.05) is 51.1 Å². The van der Waals surface area contributed by atoms with Gasteiger partial charge >= 0.3 is 11.9 Å². The van der Waals surface area contributed by atoms with Gasteiger partial charge in [0.2, 0.25) is 5.91 Å². The second kappa shape index (κ2) is 13.9. The van der Waals surface area contributed by atoms with Crippen molar-refractivity contribution in [1.29, 1.82) is 0 Å². The highest BCUT2D eigenvalue weighted by Gasteiger charge is 2.27. The third-order valence-corrected chi connectivity index (χ3v) is 9.05. The zero-order valence-corrected chi connectivity index (χ0v) is 26.4. The first-order chi connectivity index (χ1) is 20.8. The van der Waals surface area contributed by atoms with Gasteiger partial charge in [0, 0.05) is 34.8 Å². The van der Waals surface area contributed by atoms with E-state index in [0.717, 1.165) is 40.0 Å². The molecule has 1 aliphatic rings. The highest BCUT2D eigenvalue weighted by Crippen LogP contribution is 2.31. The van der Waals surface area contributed by atoms with E-state index in [0.29, 0.717) is 17.1 Å². The molecule has 0 radical (unpaired) electrons. The summed E-state index contributed by atoms with van der Waals surface area (Å²) in [5.41, 5.74) is 3.44. The van der Waals surface area contributed by atoms with Crippen LogP contribution in [0.1, 0.15) is 72.6 Å². The van der Waals surface area contributed by atoms with Gasteiger partial charge in [-0.15, -0.1) is 11.3 Å². The molecule has 1 aliphatic carbocycles. The summed E-state index contributed by atoms with van der Waals surface area (Å²) < 4.78 is 4.85. The molecule has 3 atom stereocenters. The Labute approximate surface area is 261 Å². The quantitative estimate of drug-likeness (QED) is 0.275. The molecule has 2 heterocycles. The Morgan fingerprint density at radius 1 is 1.02 bits per heavy atom. The standard InChI is InChI=1S/C33H38N4O6S/c1-19(31(40)41)36-29(38)25(37-30(39)26-14-15-27(44-26)33(2,3)4)16-20-6-8-22(9-7-20)28-34-17-24(18-35-28)21-10-12-23(13-11-21)32(42)43-5/h6-10,14-15,17-19,23,25H,11-13,16H2,1-5H3,(H,36,38)(H,37,39)(H,40,41)/t19-,23?,25+/m1/s1. The maximum absolute atomic E-state index is 13.1. The summed E-state index contributed by atoms with van der Waals surface area (Å²) in [5, 5.41) is 14.5. The van der Waals surface area contributed by atoms with Crippen LogP contribution in [0.5, 0.6) is 0 Å². The minimum Gasteiger partial charge on any atom is -0.480 e. The third kappa shape index (κ3) is 8.16. The van der Waals surface area contributed by atoms with Crippen molar-refractivity contribution in [3.8, 4) is 11.4 Å². The minimum atomic E-state index is -1.17. The fourth-order valence-corrected chi connectivity index (χ4v) is 5.79. The SMILES string of the molecule is COC(=O)C1CC=C(c2cnc(-c3ccc(C[C@H](NC(=O)c4ccc(C(C)(C)C)s4)C(=O)N[C@H](C)C(=O)O)cc3)nc2)CC1. The van der Waals surface area contributed by atoms with E-state index in [1.807, 2.05) is 36.4 Å². The lowest BCUT2D eigenvalue weighted by Crippen LogP contribution is -2.51. The van der Waals surface area contributed by atoms with Crippen molar-refractivity contribution in [3.63, 3.8) is 0 Å². The largest absolute Gasteiger partial charge is 0.480 e. The molecule has 0 fully saturated rings. The molecule has 0 saturated heterocycles. The Hall–Kier alpha value is -4.38. The van der Waals surface area contributed by atoms with Crippen LogP contribution in [-0.4, -0.2) is 58.0 Å². The summed E-state index contributed by atoms with van der Waals surface area (Å²) in [6, 6.07) is 8.89. The number of aromatic nitrogens is 2. The molecule has 10 nitrogen and oxygen atoms in total. The predicted octanol–water partition coefficient (Wildman–Crippen LogP) is 4.79. The second-order valence-electron chi connectivity index (χ2n) is 11.9. The number of carboxylic acids is 1. The fourth-order valence-electron chi connectivity index (χ4n) is 4.82. The summed E-state index contributed by atoms with van der Waals surface area (Å²) in [6.45, 7) is 7.55. The maximum Gasteiger partial charge on any atom is 0.325 e. The number of nitrogens with one attached hydrogen (secondary N) is 2. The van der Waals surface area contributed by atoms with Crippen molar-refractivity contribution in [2.75, 3.05) is 7.11 Å². The molecule has 0 aliphatic heterocycles. The van der Waals surface area contributed by atoms with Crippen LogP contribution in [0, 0.1) is 5.92 Å². The van der Waals surface area contributed by atoms with Gasteiger partial charge in [-0.05, 0) is 54.9 Å². The Kier molecular flexibility index (Phi) is 10.3. The van der Waals surface area contributed by atoms with E-state index in [1.54, 1.807) is 18.5 Å². The molecule has 3 aromatic rings. The molecule has 11 heteroatoms. The van der Waals surface area contributed by atoms with Crippen molar-refractivity contribution in [2.45, 2.75) is 70.9 Å². The summed E-state index contributed by atoms with van der Waals surface area (Å²) in [7, 11) is 1.41. The minimum absolute atomic E-state index is 0.112. The molecule has 2 amide bonds. The van der Waals surface area contributed by atoms with Gasteiger partial charge < -0.3 is 20.5 Å². The van der Waals surface area contributed by atoms with Gasteiger partial charge in [0.05, 0.1) is 17.9 Å². The molecule has 3 N–H and O–H groups in total. The summed E-state index contributed by atoms with van der Waals surface area (Å²) in [4.78, 5) is 59.9. The summed E-state index contributed by atoms with van der Waals surface area (Å²) >= 11 is 1.36. The van der Waals surface area contributed by atoms with Gasteiger partial charge in [-0.3, -0.25) is 19.2 Å². The lowest BCUT2D eigenvalue weighted by molar-refractivity contribution is -0.145. The van der Waals surface area contributed by atoms with E-state index in [4.69, 9.17) is 4.74 Å². The monoisotopic (exact) mass is 618 g/mol. The van der Waals surface area contributed by atoms with Gasteiger partial charge in [-0.2, -0.15) is 0 Å². The van der Waals surface area contributed by atoms with Gasteiger partial charge in [0.1, 0.15) is 12.1 Å². The summed E-state index contributed by atoms with van der Waals surface area (Å²) in [6.07, 6.45) is 7.85. The van der Waals surface area contributed by atoms with Gasteiger partial charge in [0.15, 0.2) is 5.82 Å². The van der Waals surface area contributed by atoms with Crippen molar-refractivity contribution in [1.82, 2.24) is 20.6 Å². The lowest BCUT2D eigenvalue weighted by atomic mass is 9.87. The maximum atomic E-state index is 13.1. The number of carbonyl (C=O) groups is 4. The van der Waals surface area contributed by atoms with E-state index in [9.17, 15) is 24.3 Å². The molecular weight excluding hydrogens is 580 g/mol. The Balaban J connectivity index is 1.46. The first-order valence-corrected chi connectivity index (χ1v) is 15.3. The van der Waals surface area contributed by atoms with Crippen molar-refractivity contribution in [2.24, 2.45) is 5.92 Å². The molecule has 232 valence electrons.